The van der Waals surface area contributed by atoms with Gasteiger partial charge < -0.3 is 5.32 Å². The first-order valence-corrected chi connectivity index (χ1v) is 9.77. The van der Waals surface area contributed by atoms with Crippen LogP contribution >= 0.6 is 23.1 Å². The Hall–Kier alpha value is -2.19. The van der Waals surface area contributed by atoms with Gasteiger partial charge >= 0.3 is 0 Å². The molecule has 0 aliphatic carbocycles. The fourth-order valence-corrected chi connectivity index (χ4v) is 3.77. The Bertz CT molecular complexity index is 873. The van der Waals surface area contributed by atoms with Gasteiger partial charge in [0.1, 0.15) is 11.6 Å². The number of carbonyl (C=O) groups is 1. The molecule has 0 atom stereocenters. The summed E-state index contributed by atoms with van der Waals surface area (Å²) in [4.78, 5) is 12.9. The van der Waals surface area contributed by atoms with Crippen LogP contribution < -0.4 is 5.32 Å². The lowest BCUT2D eigenvalue weighted by atomic mass is 10.2. The summed E-state index contributed by atoms with van der Waals surface area (Å²) >= 11 is 2.89. The van der Waals surface area contributed by atoms with Crippen LogP contribution in [-0.2, 0) is 6.42 Å². The molecule has 1 aromatic carbocycles. The molecule has 8 heteroatoms. The molecule has 1 amide bonds. The molecule has 25 heavy (non-hydrogen) atoms. The molecule has 0 saturated heterocycles. The predicted octanol–water partition coefficient (Wildman–Crippen LogP) is 3.47. The lowest BCUT2D eigenvalue weighted by Gasteiger charge is -2.10. The number of thiophene rings is 1. The van der Waals surface area contributed by atoms with Gasteiger partial charge in [0.15, 0.2) is 5.16 Å². The van der Waals surface area contributed by atoms with Crippen molar-refractivity contribution in [2.24, 2.45) is 0 Å². The summed E-state index contributed by atoms with van der Waals surface area (Å²) < 4.78 is 15.1. The smallest absolute Gasteiger partial charge is 0.261 e. The van der Waals surface area contributed by atoms with Gasteiger partial charge in [0.05, 0.1) is 4.88 Å². The minimum absolute atomic E-state index is 0.0783. The van der Waals surface area contributed by atoms with Gasteiger partial charge in [-0.15, -0.1) is 21.5 Å². The number of aryl methyl sites for hydroxylation is 1. The highest BCUT2D eigenvalue weighted by molar-refractivity contribution is 7.98. The largest absolute Gasteiger partial charge is 0.351 e. The summed E-state index contributed by atoms with van der Waals surface area (Å²) in [6.45, 7) is 2.37. The van der Waals surface area contributed by atoms with Crippen molar-refractivity contribution >= 4 is 29.0 Å². The summed E-state index contributed by atoms with van der Waals surface area (Å²) in [7, 11) is 0. The zero-order valence-corrected chi connectivity index (χ0v) is 15.5. The van der Waals surface area contributed by atoms with Crippen LogP contribution in [0.1, 0.15) is 21.1 Å². The van der Waals surface area contributed by atoms with Crippen LogP contribution in [0.25, 0.3) is 5.69 Å². The molecule has 3 aromatic rings. The third kappa shape index (κ3) is 3.91. The first-order valence-electron chi connectivity index (χ1n) is 7.66. The van der Waals surface area contributed by atoms with E-state index in [4.69, 9.17) is 0 Å². The fourth-order valence-electron chi connectivity index (χ4n) is 2.42. The molecule has 0 fully saturated rings. The molecule has 3 rings (SSSR count). The monoisotopic (exact) mass is 376 g/mol. The number of thioether (sulfide) groups is 1. The van der Waals surface area contributed by atoms with Crippen LogP contribution in [0.2, 0.25) is 0 Å². The maximum atomic E-state index is 13.2. The summed E-state index contributed by atoms with van der Waals surface area (Å²) in [6, 6.07) is 8.12. The maximum absolute atomic E-state index is 13.2. The van der Waals surface area contributed by atoms with E-state index in [0.29, 0.717) is 13.0 Å². The van der Waals surface area contributed by atoms with E-state index in [1.807, 2.05) is 29.2 Å². The standard InChI is InChI=1S/C17H17FN4OS2/c1-11-8-10-25-15(11)16(23)19-9-7-14-20-21-17(24-2)22(14)13-5-3-12(18)4-6-13/h3-6,8,10H,7,9H2,1-2H3,(H,19,23). The second-order valence-corrected chi connectivity index (χ2v) is 7.04. The van der Waals surface area contributed by atoms with E-state index in [0.717, 1.165) is 27.1 Å². The topological polar surface area (TPSA) is 59.8 Å². The number of hydrogen-bond acceptors (Lipinski definition) is 5. The third-order valence-electron chi connectivity index (χ3n) is 3.67. The molecule has 0 radical (unpaired) electrons. The maximum Gasteiger partial charge on any atom is 0.261 e. The van der Waals surface area contributed by atoms with Gasteiger partial charge in [-0.1, -0.05) is 11.8 Å². The number of benzene rings is 1. The van der Waals surface area contributed by atoms with Crippen LogP contribution in [0, 0.1) is 12.7 Å². The highest BCUT2D eigenvalue weighted by Gasteiger charge is 2.15. The Kier molecular flexibility index (Phi) is 5.50. The summed E-state index contributed by atoms with van der Waals surface area (Å²) in [5.74, 6) is 0.354. The van der Waals surface area contributed by atoms with Gasteiger partial charge in [-0.05, 0) is 54.5 Å². The number of carbonyl (C=O) groups excluding carboxylic acids is 1. The van der Waals surface area contributed by atoms with E-state index in [-0.39, 0.29) is 11.7 Å². The Morgan fingerprint density at radius 3 is 2.68 bits per heavy atom. The molecule has 2 aromatic heterocycles. The number of aromatic nitrogens is 3. The van der Waals surface area contributed by atoms with Gasteiger partial charge in [-0.3, -0.25) is 9.36 Å². The molecule has 0 bridgehead atoms. The minimum atomic E-state index is -0.289. The van der Waals surface area contributed by atoms with Crippen molar-refractivity contribution < 1.29 is 9.18 Å². The molecule has 0 aliphatic rings. The highest BCUT2D eigenvalue weighted by Crippen LogP contribution is 2.20. The SMILES string of the molecule is CSc1nnc(CCNC(=O)c2sccc2C)n1-c1ccc(F)cc1. The quantitative estimate of drug-likeness (QED) is 0.669. The molecular formula is C17H17FN4OS2. The van der Waals surface area contributed by atoms with E-state index < -0.39 is 0 Å². The van der Waals surface area contributed by atoms with E-state index in [9.17, 15) is 9.18 Å². The summed E-state index contributed by atoms with van der Waals surface area (Å²) in [5, 5.41) is 13.9. The van der Waals surface area contributed by atoms with E-state index >= 15 is 0 Å². The van der Waals surface area contributed by atoms with Crippen LogP contribution in [-0.4, -0.2) is 33.5 Å². The Labute approximate surface area is 153 Å². The summed E-state index contributed by atoms with van der Waals surface area (Å²) in [5.41, 5.74) is 1.77. The Morgan fingerprint density at radius 2 is 2.04 bits per heavy atom. The predicted molar refractivity (Wildman–Crippen MR) is 98.2 cm³/mol. The molecule has 0 spiro atoms. The number of halogens is 1. The molecule has 2 heterocycles. The van der Waals surface area contributed by atoms with Crippen molar-refractivity contribution in [3.63, 3.8) is 0 Å². The van der Waals surface area contributed by atoms with Crippen molar-refractivity contribution in [2.45, 2.75) is 18.5 Å². The average molecular weight is 376 g/mol. The molecule has 0 unspecified atom stereocenters. The summed E-state index contributed by atoms with van der Waals surface area (Å²) in [6.07, 6.45) is 2.44. The number of nitrogens with one attached hydrogen (secondary N) is 1. The van der Waals surface area contributed by atoms with Gasteiger partial charge in [0.25, 0.3) is 5.91 Å². The first kappa shape index (κ1) is 17.6. The molecule has 5 nitrogen and oxygen atoms in total. The van der Waals surface area contributed by atoms with Crippen molar-refractivity contribution in [1.82, 2.24) is 20.1 Å². The molecule has 0 saturated carbocycles. The zero-order chi connectivity index (χ0) is 17.8. The number of rotatable bonds is 6. The van der Waals surface area contributed by atoms with Crippen LogP contribution in [0.5, 0.6) is 0 Å². The van der Waals surface area contributed by atoms with Crippen molar-refractivity contribution in [1.29, 1.82) is 0 Å². The Morgan fingerprint density at radius 1 is 1.28 bits per heavy atom. The molecular weight excluding hydrogens is 359 g/mol. The van der Waals surface area contributed by atoms with Crippen molar-refractivity contribution in [3.8, 4) is 5.69 Å². The Balaban J connectivity index is 1.73. The van der Waals surface area contributed by atoms with E-state index in [2.05, 4.69) is 15.5 Å². The van der Waals surface area contributed by atoms with E-state index in [1.165, 1.54) is 35.2 Å². The van der Waals surface area contributed by atoms with Crippen molar-refractivity contribution in [3.05, 3.63) is 57.8 Å². The molecule has 1 N–H and O–H groups in total. The number of nitrogens with zero attached hydrogens (tertiary/aromatic N) is 3. The second kappa shape index (κ2) is 7.79. The normalized spacial score (nSPS) is 10.8. The highest BCUT2D eigenvalue weighted by atomic mass is 32.2. The lowest BCUT2D eigenvalue weighted by Crippen LogP contribution is -2.26. The van der Waals surface area contributed by atoms with Crippen LogP contribution in [0.4, 0.5) is 4.39 Å². The molecule has 130 valence electrons. The zero-order valence-electron chi connectivity index (χ0n) is 13.8. The van der Waals surface area contributed by atoms with Gasteiger partial charge in [0, 0.05) is 18.7 Å². The van der Waals surface area contributed by atoms with Crippen molar-refractivity contribution in [2.75, 3.05) is 12.8 Å². The average Bonchev–Trinajstić information content (AvgIpc) is 3.21. The van der Waals surface area contributed by atoms with Crippen LogP contribution in [0.15, 0.2) is 40.9 Å². The molecule has 0 aliphatic heterocycles. The fraction of sp³-hybridized carbons (Fsp3) is 0.235. The van der Waals surface area contributed by atoms with Gasteiger partial charge in [-0.25, -0.2) is 4.39 Å². The minimum Gasteiger partial charge on any atom is -0.351 e. The van der Waals surface area contributed by atoms with Gasteiger partial charge in [-0.2, -0.15) is 0 Å². The van der Waals surface area contributed by atoms with E-state index in [1.54, 1.807) is 12.1 Å². The third-order valence-corrected chi connectivity index (χ3v) is 5.31. The number of amides is 1. The van der Waals surface area contributed by atoms with Gasteiger partial charge in [0.2, 0.25) is 0 Å². The number of hydrogen-bond donors (Lipinski definition) is 1. The lowest BCUT2D eigenvalue weighted by molar-refractivity contribution is 0.0957. The van der Waals surface area contributed by atoms with Crippen LogP contribution in [0.3, 0.4) is 0 Å². The first-order chi connectivity index (χ1) is 12.1. The second-order valence-electron chi connectivity index (χ2n) is 5.35.